The maximum Gasteiger partial charge on any atom is 0.0541 e. The number of rotatable bonds is 8. The lowest BCUT2D eigenvalue weighted by Crippen LogP contribution is -2.16. The van der Waals surface area contributed by atoms with Crippen molar-refractivity contribution < 1.29 is 0 Å². The van der Waals surface area contributed by atoms with E-state index in [0.29, 0.717) is 0 Å². The molecular formula is C69H49N3. The lowest BCUT2D eigenvalue weighted by molar-refractivity contribution is 0.660. The quantitative estimate of drug-likeness (QED) is 0.148. The number of anilines is 3. The first kappa shape index (κ1) is 41.8. The topological polar surface area (TPSA) is 13.1 Å². The molecule has 2 aromatic heterocycles. The second kappa shape index (κ2) is 16.5. The molecule has 1 aliphatic rings. The normalized spacial score (nSPS) is 12.7. The molecule has 0 atom stereocenters. The Bertz CT molecular complexity index is 4140. The van der Waals surface area contributed by atoms with Gasteiger partial charge in [-0.1, -0.05) is 178 Å². The van der Waals surface area contributed by atoms with Gasteiger partial charge in [-0.3, -0.25) is 0 Å². The van der Waals surface area contributed by atoms with Gasteiger partial charge in [0, 0.05) is 55.4 Å². The molecule has 3 nitrogen and oxygen atoms in total. The number of benzene rings is 11. The Morgan fingerprint density at radius 2 is 0.653 bits per heavy atom. The van der Waals surface area contributed by atoms with Crippen molar-refractivity contribution in [1.82, 2.24) is 9.13 Å². The summed E-state index contributed by atoms with van der Waals surface area (Å²) < 4.78 is 4.78. The maximum atomic E-state index is 2.45. The van der Waals surface area contributed by atoms with Gasteiger partial charge in [0.1, 0.15) is 0 Å². The van der Waals surface area contributed by atoms with Crippen LogP contribution in [0.4, 0.5) is 17.1 Å². The molecule has 0 unspecified atom stereocenters. The molecule has 0 saturated heterocycles. The Morgan fingerprint density at radius 1 is 0.278 bits per heavy atom. The zero-order valence-corrected chi connectivity index (χ0v) is 40.2. The Morgan fingerprint density at radius 3 is 1.24 bits per heavy atom. The lowest BCUT2D eigenvalue weighted by Gasteiger charge is -2.28. The fourth-order valence-electron chi connectivity index (χ4n) is 11.7. The fourth-order valence-corrected chi connectivity index (χ4v) is 11.7. The van der Waals surface area contributed by atoms with E-state index in [4.69, 9.17) is 0 Å². The molecule has 0 N–H and O–H groups in total. The molecule has 0 bridgehead atoms. The summed E-state index contributed by atoms with van der Waals surface area (Å²) in [4.78, 5) is 2.42. The number of hydrogen-bond acceptors (Lipinski definition) is 1. The van der Waals surface area contributed by atoms with Crippen LogP contribution in [0.3, 0.4) is 0 Å². The zero-order valence-electron chi connectivity index (χ0n) is 40.2. The second-order valence-electron chi connectivity index (χ2n) is 19.7. The van der Waals surface area contributed by atoms with Gasteiger partial charge in [-0.15, -0.1) is 0 Å². The zero-order chi connectivity index (χ0) is 47.9. The monoisotopic (exact) mass is 919 g/mol. The largest absolute Gasteiger partial charge is 0.310 e. The predicted molar refractivity (Wildman–Crippen MR) is 304 cm³/mol. The van der Waals surface area contributed by atoms with Crippen molar-refractivity contribution in [2.75, 3.05) is 4.90 Å². The Labute approximate surface area is 419 Å². The number of fused-ring (bicyclic) bond motifs is 9. The Kier molecular flexibility index (Phi) is 9.56. The van der Waals surface area contributed by atoms with Crippen molar-refractivity contribution in [2.45, 2.75) is 19.3 Å². The smallest absolute Gasteiger partial charge is 0.0541 e. The average Bonchev–Trinajstić information content (AvgIpc) is 4.04. The molecule has 11 aromatic carbocycles. The summed E-state index contributed by atoms with van der Waals surface area (Å²) in [5.41, 5.74) is 22.8. The summed E-state index contributed by atoms with van der Waals surface area (Å²) in [6.45, 7) is 4.79. The summed E-state index contributed by atoms with van der Waals surface area (Å²) in [5.74, 6) is 0. The molecule has 72 heavy (non-hydrogen) atoms. The van der Waals surface area contributed by atoms with E-state index >= 15 is 0 Å². The van der Waals surface area contributed by atoms with Crippen molar-refractivity contribution in [3.05, 3.63) is 272 Å². The average molecular weight is 920 g/mol. The Hall–Kier alpha value is -9.18. The van der Waals surface area contributed by atoms with Crippen molar-refractivity contribution >= 4 is 60.7 Å². The fraction of sp³-hybridized carbons (Fsp3) is 0.0435. The first-order valence-corrected chi connectivity index (χ1v) is 25.0. The minimum Gasteiger partial charge on any atom is -0.310 e. The van der Waals surface area contributed by atoms with Crippen LogP contribution in [0.15, 0.2) is 261 Å². The third kappa shape index (κ3) is 6.66. The van der Waals surface area contributed by atoms with Crippen LogP contribution in [0.1, 0.15) is 25.0 Å². The van der Waals surface area contributed by atoms with E-state index in [-0.39, 0.29) is 5.41 Å². The van der Waals surface area contributed by atoms with Crippen LogP contribution in [0.25, 0.3) is 99.5 Å². The standard InChI is InChI=1S/C69H49N3/c1-69(2)63-44-51(50-32-42-68-62(43-50)61-21-11-14-24-67(61)71(68)52-17-7-4-8-18-52)31-40-57(63)58-41-39-56(45-64(58)69)70(53-33-29-49(30-34-53)48-27-25-47(26-28-48)46-15-5-3-6-16-46)54-35-37-55(38-36-54)72-65-22-12-9-19-59(65)60-20-10-13-23-66(60)72/h3-45H,1-2H3. The molecule has 340 valence electrons. The molecule has 13 aromatic rings. The van der Waals surface area contributed by atoms with Crippen LogP contribution in [0, 0.1) is 0 Å². The van der Waals surface area contributed by atoms with E-state index in [1.807, 2.05) is 0 Å². The molecule has 2 heterocycles. The van der Waals surface area contributed by atoms with Crippen LogP contribution in [0.5, 0.6) is 0 Å². The Balaban J connectivity index is 0.846. The SMILES string of the molecule is CC1(C)c2cc(-c3ccc4c(c3)c3ccccc3n4-c3ccccc3)ccc2-c2ccc(N(c3ccc(-c4ccc(-c5ccccc5)cc4)cc3)c3ccc(-n4c5ccccc5c5ccccc54)cc3)cc21. The molecule has 3 heteroatoms. The van der Waals surface area contributed by atoms with E-state index in [1.54, 1.807) is 0 Å². The molecule has 0 aliphatic heterocycles. The van der Waals surface area contributed by atoms with E-state index in [0.717, 1.165) is 22.7 Å². The molecule has 0 radical (unpaired) electrons. The highest BCUT2D eigenvalue weighted by molar-refractivity contribution is 6.11. The molecular weight excluding hydrogens is 871 g/mol. The maximum absolute atomic E-state index is 2.45. The summed E-state index contributed by atoms with van der Waals surface area (Å²) >= 11 is 0. The van der Waals surface area contributed by atoms with Crippen molar-refractivity contribution in [3.63, 3.8) is 0 Å². The van der Waals surface area contributed by atoms with Crippen LogP contribution in [-0.4, -0.2) is 9.13 Å². The first-order chi connectivity index (χ1) is 35.5. The summed E-state index contributed by atoms with van der Waals surface area (Å²) in [5, 5.41) is 5.04. The summed E-state index contributed by atoms with van der Waals surface area (Å²) in [6, 6.07) is 95.8. The van der Waals surface area contributed by atoms with E-state index in [2.05, 4.69) is 289 Å². The van der Waals surface area contributed by atoms with Crippen molar-refractivity contribution in [3.8, 4) is 55.9 Å². The van der Waals surface area contributed by atoms with Gasteiger partial charge < -0.3 is 14.0 Å². The van der Waals surface area contributed by atoms with Gasteiger partial charge in [-0.05, 0) is 153 Å². The number of nitrogens with zero attached hydrogens (tertiary/aromatic N) is 3. The van der Waals surface area contributed by atoms with Gasteiger partial charge >= 0.3 is 0 Å². The molecule has 14 rings (SSSR count). The van der Waals surface area contributed by atoms with Crippen LogP contribution in [-0.2, 0) is 5.41 Å². The molecule has 0 spiro atoms. The van der Waals surface area contributed by atoms with Crippen LogP contribution in [0.2, 0.25) is 0 Å². The van der Waals surface area contributed by atoms with Crippen LogP contribution >= 0.6 is 0 Å². The van der Waals surface area contributed by atoms with Gasteiger partial charge in [0.05, 0.1) is 22.1 Å². The molecule has 0 fully saturated rings. The van der Waals surface area contributed by atoms with E-state index < -0.39 is 0 Å². The lowest BCUT2D eigenvalue weighted by atomic mass is 9.81. The number of para-hydroxylation sites is 4. The van der Waals surface area contributed by atoms with E-state index in [9.17, 15) is 0 Å². The minimum absolute atomic E-state index is 0.244. The third-order valence-corrected chi connectivity index (χ3v) is 15.3. The van der Waals surface area contributed by atoms with Gasteiger partial charge in [0.25, 0.3) is 0 Å². The highest BCUT2D eigenvalue weighted by atomic mass is 15.1. The highest BCUT2D eigenvalue weighted by Gasteiger charge is 2.36. The van der Waals surface area contributed by atoms with Gasteiger partial charge in [0.2, 0.25) is 0 Å². The van der Waals surface area contributed by atoms with Crippen molar-refractivity contribution in [1.29, 1.82) is 0 Å². The third-order valence-electron chi connectivity index (χ3n) is 15.3. The molecule has 1 aliphatic carbocycles. The van der Waals surface area contributed by atoms with E-state index in [1.165, 1.54) is 105 Å². The number of hydrogen-bond donors (Lipinski definition) is 0. The second-order valence-corrected chi connectivity index (χ2v) is 19.7. The predicted octanol–water partition coefficient (Wildman–Crippen LogP) is 18.7. The van der Waals surface area contributed by atoms with Crippen LogP contribution < -0.4 is 4.90 Å². The van der Waals surface area contributed by atoms with Gasteiger partial charge in [-0.25, -0.2) is 0 Å². The summed E-state index contributed by atoms with van der Waals surface area (Å²) in [6.07, 6.45) is 0. The highest BCUT2D eigenvalue weighted by Crippen LogP contribution is 2.52. The van der Waals surface area contributed by atoms with Gasteiger partial charge in [-0.2, -0.15) is 0 Å². The minimum atomic E-state index is -0.244. The number of aromatic nitrogens is 2. The molecule has 0 saturated carbocycles. The summed E-state index contributed by atoms with van der Waals surface area (Å²) in [7, 11) is 0. The first-order valence-electron chi connectivity index (χ1n) is 25.0. The molecule has 0 amide bonds. The van der Waals surface area contributed by atoms with Gasteiger partial charge in [0.15, 0.2) is 0 Å². The van der Waals surface area contributed by atoms with Crippen molar-refractivity contribution in [2.24, 2.45) is 0 Å².